The predicted molar refractivity (Wildman–Crippen MR) is 122 cm³/mol. The number of benzene rings is 3. The molecule has 6 heteroatoms. The topological polar surface area (TPSA) is 71.2 Å². The molecule has 0 spiro atoms. The number of phenols is 1. The Hall–Kier alpha value is -3.44. The van der Waals surface area contributed by atoms with E-state index in [0.717, 1.165) is 16.6 Å². The Balaban J connectivity index is 1.71. The fourth-order valence-corrected chi connectivity index (χ4v) is 4.67. The molecule has 160 valence electrons. The van der Waals surface area contributed by atoms with Crippen LogP contribution in [-0.4, -0.2) is 18.0 Å². The lowest BCUT2D eigenvalue weighted by Crippen LogP contribution is -2.24. The molecule has 0 saturated carbocycles. The van der Waals surface area contributed by atoms with Crippen LogP contribution in [0, 0.1) is 0 Å². The van der Waals surface area contributed by atoms with Crippen molar-refractivity contribution in [2.45, 2.75) is 24.8 Å². The summed E-state index contributed by atoms with van der Waals surface area (Å²) in [6.45, 7) is 0. The van der Waals surface area contributed by atoms with Gasteiger partial charge in [-0.1, -0.05) is 54.1 Å². The van der Waals surface area contributed by atoms with E-state index in [2.05, 4.69) is 12.1 Å². The third kappa shape index (κ3) is 3.59. The van der Waals surface area contributed by atoms with Gasteiger partial charge in [-0.05, 0) is 47.7 Å². The minimum atomic E-state index is -0.589. The van der Waals surface area contributed by atoms with Crippen molar-refractivity contribution in [3.05, 3.63) is 105 Å². The van der Waals surface area contributed by atoms with Crippen molar-refractivity contribution in [3.8, 4) is 11.5 Å². The number of Topliss-reactive ketones (excluding diaryl/α,β-unsaturated/α-hetero) is 1. The second kappa shape index (κ2) is 8.24. The highest BCUT2D eigenvalue weighted by molar-refractivity contribution is 6.32. The number of ketones is 1. The predicted octanol–water partition coefficient (Wildman–Crippen LogP) is 4.45. The van der Waals surface area contributed by atoms with E-state index < -0.39 is 6.04 Å². The van der Waals surface area contributed by atoms with Gasteiger partial charge < -0.3 is 9.84 Å². The Morgan fingerprint density at radius 1 is 0.969 bits per heavy atom. The molecule has 0 unspecified atom stereocenters. The van der Waals surface area contributed by atoms with Gasteiger partial charge in [-0.3, -0.25) is 14.8 Å². The van der Waals surface area contributed by atoms with E-state index in [-0.39, 0.29) is 28.2 Å². The molecule has 1 aliphatic heterocycles. The molecule has 5 rings (SSSR count). The molecule has 32 heavy (non-hydrogen) atoms. The van der Waals surface area contributed by atoms with E-state index in [1.165, 1.54) is 7.11 Å². The molecule has 1 aliphatic carbocycles. The molecule has 0 saturated heterocycles. The first-order valence-corrected chi connectivity index (χ1v) is 10.8. The van der Waals surface area contributed by atoms with E-state index in [4.69, 9.17) is 26.3 Å². The van der Waals surface area contributed by atoms with Crippen molar-refractivity contribution in [1.82, 2.24) is 0 Å². The molecule has 2 atom stereocenters. The molecule has 3 aromatic rings. The molecule has 3 aromatic carbocycles. The number of para-hydroxylation sites is 2. The Morgan fingerprint density at radius 2 is 1.69 bits per heavy atom. The lowest BCUT2D eigenvalue weighted by Gasteiger charge is -2.27. The minimum absolute atomic E-state index is 0.0218. The summed E-state index contributed by atoms with van der Waals surface area (Å²) in [6.07, 6.45) is 1.04. The average Bonchev–Trinajstić information content (AvgIpc) is 2.98. The maximum Gasteiger partial charge on any atom is 0.176 e. The molecule has 2 aliphatic rings. The largest absolute Gasteiger partial charge is 0.503 e. The summed E-state index contributed by atoms with van der Waals surface area (Å²) in [5, 5.41) is 11.8. The van der Waals surface area contributed by atoms with Crippen LogP contribution in [0.3, 0.4) is 0 Å². The van der Waals surface area contributed by atoms with Gasteiger partial charge in [0.1, 0.15) is 6.04 Å². The molecule has 0 radical (unpaired) electrons. The van der Waals surface area contributed by atoms with Gasteiger partial charge in [-0.15, -0.1) is 0 Å². The number of carbonyl (C=O) groups is 1. The van der Waals surface area contributed by atoms with Gasteiger partial charge in [0.2, 0.25) is 0 Å². The van der Waals surface area contributed by atoms with E-state index in [1.54, 1.807) is 12.1 Å². The number of phenolic OH excluding ortho intramolecular Hbond substituents is 1. The second-order valence-electron chi connectivity index (χ2n) is 7.99. The van der Waals surface area contributed by atoms with Crippen LogP contribution in [0.1, 0.15) is 35.9 Å². The van der Waals surface area contributed by atoms with Crippen LogP contribution in [0.2, 0.25) is 5.02 Å². The van der Waals surface area contributed by atoms with Crippen molar-refractivity contribution in [2.24, 2.45) is 9.98 Å². The molecule has 1 heterocycles. The number of aromatic hydroxyl groups is 1. The highest BCUT2D eigenvalue weighted by atomic mass is 35.5. The number of hydrogen-bond acceptors (Lipinski definition) is 5. The van der Waals surface area contributed by atoms with Gasteiger partial charge in [0.15, 0.2) is 17.3 Å². The van der Waals surface area contributed by atoms with Gasteiger partial charge in [0, 0.05) is 12.0 Å². The van der Waals surface area contributed by atoms with Crippen LogP contribution < -0.4 is 15.5 Å². The number of fused-ring (bicyclic) bond motifs is 1. The molecule has 0 amide bonds. The van der Waals surface area contributed by atoms with Gasteiger partial charge in [-0.25, -0.2) is 0 Å². The second-order valence-corrected chi connectivity index (χ2v) is 8.39. The van der Waals surface area contributed by atoms with Gasteiger partial charge in [0.25, 0.3) is 0 Å². The van der Waals surface area contributed by atoms with Crippen LogP contribution in [0.4, 0.5) is 0 Å². The highest BCUT2D eigenvalue weighted by Crippen LogP contribution is 2.44. The summed E-state index contributed by atoms with van der Waals surface area (Å²) in [5.41, 5.74) is 3.13. The molecule has 0 bridgehead atoms. The Bertz CT molecular complexity index is 1370. The smallest absolute Gasteiger partial charge is 0.176 e. The quantitative estimate of drug-likeness (QED) is 0.648. The molecule has 1 N–H and O–H groups in total. The standard InChI is InChI=1S/C26H21ClN2O3/c1-32-23-14-17(11-18(27)26(23)31)25-24-21(28-19-9-5-6-10-20(19)29-25)12-16(13-22(24)30)15-7-3-2-4-8-15/h2-11,14,16,25,31H,12-13H2,1H3/t16-,25-/m0/s1. The number of ether oxygens (including phenoxy) is 1. The summed E-state index contributed by atoms with van der Waals surface area (Å²) in [7, 11) is 1.46. The summed E-state index contributed by atoms with van der Waals surface area (Å²) in [4.78, 5) is 23.3. The first kappa shape index (κ1) is 20.5. The lowest BCUT2D eigenvalue weighted by molar-refractivity contribution is -0.116. The fourth-order valence-electron chi connectivity index (χ4n) is 4.45. The van der Waals surface area contributed by atoms with E-state index in [1.807, 2.05) is 42.5 Å². The van der Waals surface area contributed by atoms with Crippen molar-refractivity contribution >= 4 is 17.4 Å². The lowest BCUT2D eigenvalue weighted by atomic mass is 9.79. The van der Waals surface area contributed by atoms with Crippen LogP contribution in [-0.2, 0) is 4.79 Å². The zero-order chi connectivity index (χ0) is 22.2. The van der Waals surface area contributed by atoms with Crippen molar-refractivity contribution in [3.63, 3.8) is 0 Å². The zero-order valence-electron chi connectivity index (χ0n) is 17.5. The Morgan fingerprint density at radius 3 is 2.44 bits per heavy atom. The molecule has 0 aromatic heterocycles. The number of carbonyl (C=O) groups excluding carboxylic acids is 1. The molecule has 0 fully saturated rings. The SMILES string of the molecule is COc1cc([C@@H]2N=c3ccccc3=NC3=C2C(=O)C[C@@H](c2ccccc2)C3)cc(Cl)c1O. The van der Waals surface area contributed by atoms with Gasteiger partial charge >= 0.3 is 0 Å². The van der Waals surface area contributed by atoms with E-state index >= 15 is 0 Å². The summed E-state index contributed by atoms with van der Waals surface area (Å²) in [5.74, 6) is 0.193. The number of halogens is 1. The molecular formula is C26H21ClN2O3. The normalized spacial score (nSPS) is 19.9. The van der Waals surface area contributed by atoms with Crippen LogP contribution in [0.5, 0.6) is 11.5 Å². The number of hydrogen-bond donors (Lipinski definition) is 1. The summed E-state index contributed by atoms with van der Waals surface area (Å²) >= 11 is 6.28. The number of allylic oxidation sites excluding steroid dienone is 1. The maximum atomic E-state index is 13.5. The number of rotatable bonds is 3. The van der Waals surface area contributed by atoms with E-state index in [0.29, 0.717) is 29.3 Å². The van der Waals surface area contributed by atoms with Crippen LogP contribution >= 0.6 is 11.6 Å². The number of nitrogens with zero attached hydrogens (tertiary/aromatic N) is 2. The maximum absolute atomic E-state index is 13.5. The third-order valence-corrected chi connectivity index (χ3v) is 6.31. The van der Waals surface area contributed by atoms with Crippen LogP contribution in [0.25, 0.3) is 0 Å². The summed E-state index contributed by atoms with van der Waals surface area (Å²) in [6, 6.07) is 20.4. The first-order valence-electron chi connectivity index (χ1n) is 10.4. The monoisotopic (exact) mass is 444 g/mol. The van der Waals surface area contributed by atoms with Gasteiger partial charge in [0.05, 0.1) is 28.5 Å². The third-order valence-electron chi connectivity index (χ3n) is 6.02. The van der Waals surface area contributed by atoms with E-state index in [9.17, 15) is 9.90 Å². The van der Waals surface area contributed by atoms with Crippen molar-refractivity contribution in [2.75, 3.05) is 7.11 Å². The van der Waals surface area contributed by atoms with Gasteiger partial charge in [-0.2, -0.15) is 0 Å². The zero-order valence-corrected chi connectivity index (χ0v) is 18.2. The Labute approximate surface area is 190 Å². The fraction of sp³-hybridized carbons (Fsp3) is 0.192. The number of methoxy groups -OCH3 is 1. The average molecular weight is 445 g/mol. The minimum Gasteiger partial charge on any atom is -0.503 e. The molecule has 5 nitrogen and oxygen atoms in total. The first-order chi connectivity index (χ1) is 15.5. The summed E-state index contributed by atoms with van der Waals surface area (Å²) < 4.78 is 5.30. The molecular weight excluding hydrogens is 424 g/mol. The van der Waals surface area contributed by atoms with Crippen molar-refractivity contribution < 1.29 is 14.6 Å². The van der Waals surface area contributed by atoms with Crippen molar-refractivity contribution in [1.29, 1.82) is 0 Å². The van der Waals surface area contributed by atoms with Crippen LogP contribution in [0.15, 0.2) is 88.0 Å². The Kier molecular flexibility index (Phi) is 5.27. The highest BCUT2D eigenvalue weighted by Gasteiger charge is 2.35.